The minimum Gasteiger partial charge on any atom is -0.298 e. The van der Waals surface area contributed by atoms with Gasteiger partial charge in [-0.15, -0.1) is 6.42 Å². The van der Waals surface area contributed by atoms with Gasteiger partial charge in [0, 0.05) is 0 Å². The molecule has 0 aliphatic carbocycles. The van der Waals surface area contributed by atoms with Crippen molar-refractivity contribution < 1.29 is 13.2 Å². The van der Waals surface area contributed by atoms with Gasteiger partial charge in [0.05, 0.1) is 19.3 Å². The number of sulfonamides is 1. The summed E-state index contributed by atoms with van der Waals surface area (Å²) in [5.74, 6) is 1.63. The lowest BCUT2D eigenvalue weighted by atomic mass is 10.6. The van der Waals surface area contributed by atoms with Gasteiger partial charge in [0.1, 0.15) is 0 Å². The normalized spacial score (nSPS) is 10.3. The van der Waals surface area contributed by atoms with Gasteiger partial charge in [0.25, 0.3) is 0 Å². The largest absolute Gasteiger partial charge is 0.298 e. The molecule has 0 atom stereocenters. The zero-order valence-electron chi connectivity index (χ0n) is 6.62. The average molecular weight is 190 g/mol. The number of nitrogens with one attached hydrogen (secondary N) is 2. The maximum atomic E-state index is 10.7. The monoisotopic (exact) mass is 190 g/mol. The Hall–Kier alpha value is -1.06. The van der Waals surface area contributed by atoms with Crippen molar-refractivity contribution in [2.24, 2.45) is 0 Å². The van der Waals surface area contributed by atoms with Gasteiger partial charge < -0.3 is 0 Å². The van der Waals surface area contributed by atoms with E-state index in [0.29, 0.717) is 0 Å². The Morgan fingerprint density at radius 3 is 2.58 bits per heavy atom. The van der Waals surface area contributed by atoms with E-state index in [1.54, 1.807) is 4.72 Å². The van der Waals surface area contributed by atoms with Crippen LogP contribution in [-0.2, 0) is 14.8 Å². The van der Waals surface area contributed by atoms with Gasteiger partial charge >= 0.3 is 0 Å². The Morgan fingerprint density at radius 1 is 1.58 bits per heavy atom. The van der Waals surface area contributed by atoms with Crippen molar-refractivity contribution >= 4 is 15.9 Å². The summed E-state index contributed by atoms with van der Waals surface area (Å²) >= 11 is 0. The van der Waals surface area contributed by atoms with Crippen LogP contribution in [0.5, 0.6) is 0 Å². The molecule has 0 aromatic carbocycles. The number of terminal acetylenes is 1. The lowest BCUT2D eigenvalue weighted by Gasteiger charge is -2.01. The van der Waals surface area contributed by atoms with Crippen LogP contribution in [-0.4, -0.2) is 33.7 Å². The van der Waals surface area contributed by atoms with Crippen LogP contribution >= 0.6 is 0 Å². The van der Waals surface area contributed by atoms with Crippen molar-refractivity contribution in [1.29, 1.82) is 0 Å². The molecule has 0 aromatic heterocycles. The minimum absolute atomic E-state index is 0.0999. The van der Waals surface area contributed by atoms with Gasteiger partial charge in [-0.1, -0.05) is 5.92 Å². The number of hydrogen-bond donors (Lipinski definition) is 2. The number of rotatable bonds is 4. The van der Waals surface area contributed by atoms with Crippen LogP contribution in [0.1, 0.15) is 0 Å². The van der Waals surface area contributed by atoms with E-state index in [-0.39, 0.29) is 13.1 Å². The average Bonchev–Trinajstić information content (AvgIpc) is 1.84. The smallest absolute Gasteiger partial charge is 0.247 e. The SMILES string of the molecule is C#CCNCC(=O)NS(C)(=O)=O. The van der Waals surface area contributed by atoms with Crippen LogP contribution in [0.3, 0.4) is 0 Å². The van der Waals surface area contributed by atoms with E-state index in [0.717, 1.165) is 6.26 Å². The van der Waals surface area contributed by atoms with E-state index in [4.69, 9.17) is 6.42 Å². The fourth-order valence-electron chi connectivity index (χ4n) is 0.491. The summed E-state index contributed by atoms with van der Waals surface area (Å²) in [6.45, 7) is 0.133. The zero-order valence-corrected chi connectivity index (χ0v) is 7.44. The highest BCUT2D eigenvalue weighted by atomic mass is 32.2. The molecule has 0 aliphatic rings. The fraction of sp³-hybridized carbons (Fsp3) is 0.500. The van der Waals surface area contributed by atoms with Crippen LogP contribution in [0.15, 0.2) is 0 Å². The molecular weight excluding hydrogens is 180 g/mol. The van der Waals surface area contributed by atoms with Crippen molar-refractivity contribution in [1.82, 2.24) is 10.0 Å². The molecule has 0 bridgehead atoms. The van der Waals surface area contributed by atoms with Gasteiger partial charge in [0.15, 0.2) is 0 Å². The minimum atomic E-state index is -3.45. The van der Waals surface area contributed by atoms with Gasteiger partial charge in [-0.25, -0.2) is 8.42 Å². The summed E-state index contributed by atoms with van der Waals surface area (Å²) in [7, 11) is -3.45. The first kappa shape index (κ1) is 10.9. The zero-order chi connectivity index (χ0) is 9.61. The van der Waals surface area contributed by atoms with E-state index in [1.807, 2.05) is 0 Å². The molecule has 0 saturated heterocycles. The lowest BCUT2D eigenvalue weighted by Crippen LogP contribution is -2.37. The van der Waals surface area contributed by atoms with Crippen LogP contribution in [0.2, 0.25) is 0 Å². The van der Waals surface area contributed by atoms with E-state index in [9.17, 15) is 13.2 Å². The fourth-order valence-corrected chi connectivity index (χ4v) is 0.977. The molecule has 0 saturated carbocycles. The van der Waals surface area contributed by atoms with Crippen LogP contribution in [0, 0.1) is 12.3 Å². The molecule has 0 fully saturated rings. The molecule has 0 aromatic rings. The van der Waals surface area contributed by atoms with Crippen molar-refractivity contribution in [3.05, 3.63) is 0 Å². The van der Waals surface area contributed by atoms with Crippen LogP contribution in [0.4, 0.5) is 0 Å². The second-order valence-corrected chi connectivity index (χ2v) is 3.85. The lowest BCUT2D eigenvalue weighted by molar-refractivity contribution is -0.118. The summed E-state index contributed by atoms with van der Waals surface area (Å²) in [6.07, 6.45) is 5.79. The Morgan fingerprint density at radius 2 is 2.17 bits per heavy atom. The van der Waals surface area contributed by atoms with Crippen LogP contribution < -0.4 is 10.0 Å². The van der Waals surface area contributed by atoms with Gasteiger partial charge in [-0.05, 0) is 0 Å². The van der Waals surface area contributed by atoms with Crippen molar-refractivity contribution in [3.8, 4) is 12.3 Å². The summed E-state index contributed by atoms with van der Waals surface area (Å²) < 4.78 is 22.7. The third-order valence-electron chi connectivity index (χ3n) is 0.812. The highest BCUT2D eigenvalue weighted by Gasteiger charge is 2.06. The van der Waals surface area contributed by atoms with Gasteiger partial charge in [-0.2, -0.15) is 0 Å². The second kappa shape index (κ2) is 4.74. The third-order valence-corrected chi connectivity index (χ3v) is 1.41. The highest BCUT2D eigenvalue weighted by Crippen LogP contribution is 1.73. The Balaban J connectivity index is 3.71. The number of carbonyl (C=O) groups excluding carboxylic acids is 1. The van der Waals surface area contributed by atoms with E-state index in [1.165, 1.54) is 0 Å². The molecule has 5 nitrogen and oxygen atoms in total. The standard InChI is InChI=1S/C6H10N2O3S/c1-3-4-7-5-6(9)8-12(2,10)11/h1,7H,4-5H2,2H3,(H,8,9). The maximum Gasteiger partial charge on any atom is 0.247 e. The number of amides is 1. The van der Waals surface area contributed by atoms with Crippen molar-refractivity contribution in [3.63, 3.8) is 0 Å². The van der Waals surface area contributed by atoms with Crippen molar-refractivity contribution in [2.75, 3.05) is 19.3 Å². The Bertz CT molecular complexity index is 288. The predicted molar refractivity (Wildman–Crippen MR) is 44.7 cm³/mol. The Labute approximate surface area is 71.6 Å². The first-order valence-electron chi connectivity index (χ1n) is 3.10. The molecule has 12 heavy (non-hydrogen) atoms. The number of carbonyl (C=O) groups is 1. The topological polar surface area (TPSA) is 75.3 Å². The molecule has 1 amide bonds. The predicted octanol–water partition coefficient (Wildman–Crippen LogP) is -1.71. The highest BCUT2D eigenvalue weighted by molar-refractivity contribution is 7.89. The van der Waals surface area contributed by atoms with E-state index >= 15 is 0 Å². The van der Waals surface area contributed by atoms with Gasteiger partial charge in [-0.3, -0.25) is 14.8 Å². The van der Waals surface area contributed by atoms with Crippen LogP contribution in [0.25, 0.3) is 0 Å². The number of hydrogen-bond acceptors (Lipinski definition) is 4. The molecule has 0 unspecified atom stereocenters. The second-order valence-electron chi connectivity index (χ2n) is 2.11. The molecule has 2 N–H and O–H groups in total. The van der Waals surface area contributed by atoms with E-state index in [2.05, 4.69) is 11.2 Å². The van der Waals surface area contributed by atoms with Crippen molar-refractivity contribution in [2.45, 2.75) is 0 Å². The summed E-state index contributed by atoms with van der Waals surface area (Å²) in [4.78, 5) is 10.7. The maximum absolute atomic E-state index is 10.7. The molecule has 68 valence electrons. The van der Waals surface area contributed by atoms with Gasteiger partial charge in [0.2, 0.25) is 15.9 Å². The molecule has 6 heteroatoms. The quantitative estimate of drug-likeness (QED) is 0.408. The molecule has 0 heterocycles. The Kier molecular flexibility index (Phi) is 4.33. The summed E-state index contributed by atoms with van der Waals surface area (Å²) in [6, 6.07) is 0. The first-order valence-corrected chi connectivity index (χ1v) is 4.99. The summed E-state index contributed by atoms with van der Waals surface area (Å²) in [5.41, 5.74) is 0. The molecular formula is C6H10N2O3S. The molecule has 0 radical (unpaired) electrons. The molecule has 0 spiro atoms. The van der Waals surface area contributed by atoms with E-state index < -0.39 is 15.9 Å². The first-order chi connectivity index (χ1) is 5.45. The third kappa shape index (κ3) is 7.05. The molecule has 0 rings (SSSR count). The molecule has 0 aliphatic heterocycles. The summed E-state index contributed by atoms with van der Waals surface area (Å²) in [5, 5.41) is 2.54.